The van der Waals surface area contributed by atoms with Gasteiger partial charge in [0, 0.05) is 13.6 Å². The predicted octanol–water partition coefficient (Wildman–Crippen LogP) is 0.727. The van der Waals surface area contributed by atoms with Crippen LogP contribution < -0.4 is 0 Å². The van der Waals surface area contributed by atoms with Crippen molar-refractivity contribution < 1.29 is 28.6 Å². The number of hydrogen-bond donors (Lipinski definition) is 2. The second kappa shape index (κ2) is 5.54. The third-order valence-corrected chi connectivity index (χ3v) is 2.30. The van der Waals surface area contributed by atoms with Crippen LogP contribution >= 0.6 is 0 Å². The van der Waals surface area contributed by atoms with Crippen molar-refractivity contribution >= 4 is 11.9 Å². The summed E-state index contributed by atoms with van der Waals surface area (Å²) >= 11 is 0. The van der Waals surface area contributed by atoms with E-state index in [9.17, 15) is 18.4 Å². The van der Waals surface area contributed by atoms with Crippen molar-refractivity contribution in [1.82, 2.24) is 4.90 Å². The van der Waals surface area contributed by atoms with E-state index in [2.05, 4.69) is 0 Å². The lowest BCUT2D eigenvalue weighted by molar-refractivity contribution is 0.0677. The molecule has 1 amide bonds. The zero-order valence-electron chi connectivity index (χ0n) is 9.48. The molecule has 0 bridgehead atoms. The Hall–Kier alpha value is -2.02. The van der Waals surface area contributed by atoms with Gasteiger partial charge in [0.05, 0.1) is 17.7 Å². The second-order valence-electron chi connectivity index (χ2n) is 3.57. The minimum Gasteiger partial charge on any atom is -0.478 e. The van der Waals surface area contributed by atoms with E-state index >= 15 is 0 Å². The van der Waals surface area contributed by atoms with Gasteiger partial charge in [0.1, 0.15) is 0 Å². The van der Waals surface area contributed by atoms with Gasteiger partial charge in [-0.15, -0.1) is 0 Å². The van der Waals surface area contributed by atoms with Crippen molar-refractivity contribution in [3.05, 3.63) is 34.9 Å². The first-order chi connectivity index (χ1) is 8.38. The second-order valence-corrected chi connectivity index (χ2v) is 3.57. The van der Waals surface area contributed by atoms with Crippen LogP contribution in [0.3, 0.4) is 0 Å². The van der Waals surface area contributed by atoms with Crippen LogP contribution in [-0.4, -0.2) is 47.2 Å². The topological polar surface area (TPSA) is 77.8 Å². The van der Waals surface area contributed by atoms with Crippen LogP contribution in [0.15, 0.2) is 12.1 Å². The van der Waals surface area contributed by atoms with Gasteiger partial charge in [-0.1, -0.05) is 0 Å². The average Bonchev–Trinajstić information content (AvgIpc) is 2.31. The summed E-state index contributed by atoms with van der Waals surface area (Å²) in [5.41, 5.74) is -1.08. The molecule has 7 heteroatoms. The molecule has 0 saturated carbocycles. The van der Waals surface area contributed by atoms with Gasteiger partial charge in [-0.05, 0) is 12.1 Å². The highest BCUT2D eigenvalue weighted by atomic mass is 19.2. The molecule has 1 aromatic rings. The third-order valence-electron chi connectivity index (χ3n) is 2.30. The Morgan fingerprint density at radius 1 is 1.22 bits per heavy atom. The van der Waals surface area contributed by atoms with Crippen LogP contribution in [0.5, 0.6) is 0 Å². The fourth-order valence-corrected chi connectivity index (χ4v) is 1.36. The van der Waals surface area contributed by atoms with Crippen molar-refractivity contribution in [2.24, 2.45) is 0 Å². The number of amides is 1. The maximum atomic E-state index is 13.0. The summed E-state index contributed by atoms with van der Waals surface area (Å²) in [6.45, 7) is -0.370. The maximum Gasteiger partial charge on any atom is 0.336 e. The number of hydrogen-bond acceptors (Lipinski definition) is 3. The summed E-state index contributed by atoms with van der Waals surface area (Å²) in [6.07, 6.45) is 0. The van der Waals surface area contributed by atoms with Gasteiger partial charge in [0.25, 0.3) is 5.91 Å². The number of likely N-dealkylation sites (N-methyl/N-ethyl adjacent to an activating group) is 1. The summed E-state index contributed by atoms with van der Waals surface area (Å²) < 4.78 is 26.0. The SMILES string of the molecule is CN(CCO)C(=O)c1cc(F)c(F)cc1C(=O)O. The van der Waals surface area contributed by atoms with E-state index in [1.54, 1.807) is 0 Å². The molecule has 2 N–H and O–H groups in total. The molecular weight excluding hydrogens is 248 g/mol. The summed E-state index contributed by atoms with van der Waals surface area (Å²) in [7, 11) is 1.31. The number of aliphatic hydroxyl groups is 1. The Morgan fingerprint density at radius 2 is 1.72 bits per heavy atom. The van der Waals surface area contributed by atoms with Crippen LogP contribution in [0, 0.1) is 11.6 Å². The van der Waals surface area contributed by atoms with E-state index in [0.717, 1.165) is 4.90 Å². The fourth-order valence-electron chi connectivity index (χ4n) is 1.36. The molecule has 0 fully saturated rings. The molecule has 0 radical (unpaired) electrons. The van der Waals surface area contributed by atoms with Crippen LogP contribution in [0.2, 0.25) is 0 Å². The standard InChI is InChI=1S/C11H11F2NO4/c1-14(2-3-15)10(16)6-4-8(12)9(13)5-7(6)11(17)18/h4-5,15H,2-3H2,1H3,(H,17,18). The van der Waals surface area contributed by atoms with E-state index in [1.807, 2.05) is 0 Å². The summed E-state index contributed by atoms with van der Waals surface area (Å²) in [5.74, 6) is -4.98. The number of rotatable bonds is 4. The van der Waals surface area contributed by atoms with Gasteiger partial charge in [0.2, 0.25) is 0 Å². The minimum atomic E-state index is -1.53. The quantitative estimate of drug-likeness (QED) is 0.835. The normalized spacial score (nSPS) is 10.2. The van der Waals surface area contributed by atoms with Crippen molar-refractivity contribution in [2.45, 2.75) is 0 Å². The lowest BCUT2D eigenvalue weighted by Gasteiger charge is -2.17. The van der Waals surface area contributed by atoms with Crippen molar-refractivity contribution in [2.75, 3.05) is 20.2 Å². The number of carbonyl (C=O) groups is 2. The van der Waals surface area contributed by atoms with Crippen molar-refractivity contribution in [1.29, 1.82) is 0 Å². The smallest absolute Gasteiger partial charge is 0.336 e. The molecule has 0 unspecified atom stereocenters. The molecule has 0 aliphatic heterocycles. The van der Waals surface area contributed by atoms with Gasteiger partial charge in [0.15, 0.2) is 11.6 Å². The molecule has 0 aromatic heterocycles. The van der Waals surface area contributed by atoms with E-state index in [-0.39, 0.29) is 13.2 Å². The summed E-state index contributed by atoms with van der Waals surface area (Å²) in [6, 6.07) is 0.993. The van der Waals surface area contributed by atoms with Gasteiger partial charge < -0.3 is 15.1 Å². The van der Waals surface area contributed by atoms with Gasteiger partial charge in [-0.2, -0.15) is 0 Å². The first kappa shape index (κ1) is 14.0. The molecule has 0 saturated heterocycles. The Bertz CT molecular complexity index is 490. The van der Waals surface area contributed by atoms with Crippen LogP contribution in [0.1, 0.15) is 20.7 Å². The van der Waals surface area contributed by atoms with E-state index in [4.69, 9.17) is 10.2 Å². The first-order valence-electron chi connectivity index (χ1n) is 4.97. The number of carbonyl (C=O) groups excluding carboxylic acids is 1. The number of nitrogens with zero attached hydrogens (tertiary/aromatic N) is 1. The number of aliphatic hydroxyl groups excluding tert-OH is 1. The summed E-state index contributed by atoms with van der Waals surface area (Å²) in [5, 5.41) is 17.5. The van der Waals surface area contributed by atoms with Crippen LogP contribution in [0.25, 0.3) is 0 Å². The Morgan fingerprint density at radius 3 is 2.17 bits per heavy atom. The zero-order chi connectivity index (χ0) is 13.9. The highest BCUT2D eigenvalue weighted by Gasteiger charge is 2.22. The molecule has 0 spiro atoms. The fraction of sp³-hybridized carbons (Fsp3) is 0.273. The number of carboxylic acids is 1. The maximum absolute atomic E-state index is 13.0. The van der Waals surface area contributed by atoms with E-state index in [1.165, 1.54) is 7.05 Å². The van der Waals surface area contributed by atoms with E-state index < -0.39 is 34.6 Å². The molecule has 1 aromatic carbocycles. The molecule has 1 rings (SSSR count). The molecule has 0 aliphatic rings. The van der Waals surface area contributed by atoms with Gasteiger partial charge >= 0.3 is 5.97 Å². The third kappa shape index (κ3) is 2.80. The molecule has 98 valence electrons. The summed E-state index contributed by atoms with van der Waals surface area (Å²) in [4.78, 5) is 23.7. The highest BCUT2D eigenvalue weighted by molar-refractivity contribution is 6.04. The van der Waals surface area contributed by atoms with Crippen molar-refractivity contribution in [3.63, 3.8) is 0 Å². The number of halogens is 2. The molecular formula is C11H11F2NO4. The lowest BCUT2D eigenvalue weighted by atomic mass is 10.1. The minimum absolute atomic E-state index is 0.0448. The zero-order valence-corrected chi connectivity index (χ0v) is 9.48. The van der Waals surface area contributed by atoms with Crippen LogP contribution in [0.4, 0.5) is 8.78 Å². The van der Waals surface area contributed by atoms with E-state index in [0.29, 0.717) is 12.1 Å². The number of benzene rings is 1. The Balaban J connectivity index is 3.26. The predicted molar refractivity (Wildman–Crippen MR) is 57.4 cm³/mol. The van der Waals surface area contributed by atoms with Gasteiger partial charge in [-0.3, -0.25) is 4.79 Å². The van der Waals surface area contributed by atoms with Gasteiger partial charge in [-0.25, -0.2) is 13.6 Å². The largest absolute Gasteiger partial charge is 0.478 e. The Kier molecular flexibility index (Phi) is 4.33. The Labute approximate surface area is 101 Å². The van der Waals surface area contributed by atoms with Crippen LogP contribution in [-0.2, 0) is 0 Å². The number of carboxylic acid groups (broad SMARTS) is 1. The van der Waals surface area contributed by atoms with Crippen molar-refractivity contribution in [3.8, 4) is 0 Å². The molecule has 0 heterocycles. The highest BCUT2D eigenvalue weighted by Crippen LogP contribution is 2.17. The molecule has 18 heavy (non-hydrogen) atoms. The number of aromatic carboxylic acids is 1. The first-order valence-corrected chi connectivity index (χ1v) is 4.97. The molecule has 0 atom stereocenters. The molecule has 0 aliphatic carbocycles. The monoisotopic (exact) mass is 259 g/mol. The lowest BCUT2D eigenvalue weighted by Crippen LogP contribution is -2.31. The molecule has 5 nitrogen and oxygen atoms in total. The average molecular weight is 259 g/mol.